The molecule has 1 aromatic heterocycles. The second kappa shape index (κ2) is 7.40. The molecular weight excluding hydrogens is 274 g/mol. The Hall–Kier alpha value is -1.40. The number of hydrogen-bond donors (Lipinski definition) is 3. The van der Waals surface area contributed by atoms with Gasteiger partial charge in [-0.25, -0.2) is 0 Å². The largest absolute Gasteiger partial charge is 0.353 e. The van der Waals surface area contributed by atoms with Crippen LogP contribution in [0, 0.1) is 5.92 Å². The van der Waals surface area contributed by atoms with Crippen LogP contribution >= 0.6 is 11.3 Å². The summed E-state index contributed by atoms with van der Waals surface area (Å²) in [6.07, 6.45) is 3.54. The fourth-order valence-corrected chi connectivity index (χ4v) is 3.21. The zero-order chi connectivity index (χ0) is 14.4. The Kier molecular flexibility index (Phi) is 5.55. The van der Waals surface area contributed by atoms with E-state index in [1.807, 2.05) is 5.38 Å². The molecule has 1 aromatic rings. The zero-order valence-electron chi connectivity index (χ0n) is 11.4. The predicted octanol–water partition coefficient (Wildman–Crippen LogP) is 1.11. The third-order valence-corrected chi connectivity index (χ3v) is 4.41. The summed E-state index contributed by atoms with van der Waals surface area (Å²) in [5.74, 6) is 0.264. The molecule has 2 atom stereocenters. The van der Waals surface area contributed by atoms with Gasteiger partial charge >= 0.3 is 0 Å². The second-order valence-electron chi connectivity index (χ2n) is 5.12. The number of carbonyl (C=O) groups is 2. The molecule has 5 nitrogen and oxygen atoms in total. The third-order valence-electron chi connectivity index (χ3n) is 3.73. The molecule has 0 saturated heterocycles. The summed E-state index contributed by atoms with van der Waals surface area (Å²) in [6, 6.07) is 1.98. The van der Waals surface area contributed by atoms with Crippen molar-refractivity contribution in [3.63, 3.8) is 0 Å². The fraction of sp³-hybridized carbons (Fsp3) is 0.571. The Morgan fingerprint density at radius 1 is 1.40 bits per heavy atom. The van der Waals surface area contributed by atoms with Crippen LogP contribution in [0.2, 0.25) is 0 Å². The van der Waals surface area contributed by atoms with Crippen molar-refractivity contribution in [2.24, 2.45) is 11.7 Å². The number of hydrogen-bond acceptors (Lipinski definition) is 4. The van der Waals surface area contributed by atoms with Gasteiger partial charge in [-0.1, -0.05) is 6.42 Å². The first kappa shape index (κ1) is 15.0. The molecule has 2 rings (SSSR count). The molecule has 1 saturated carbocycles. The number of nitrogens with one attached hydrogen (secondary N) is 2. The van der Waals surface area contributed by atoms with Gasteiger partial charge in [0.1, 0.15) is 0 Å². The minimum atomic E-state index is -0.125. The summed E-state index contributed by atoms with van der Waals surface area (Å²) in [5, 5.41) is 9.42. The minimum Gasteiger partial charge on any atom is -0.353 e. The van der Waals surface area contributed by atoms with Crippen LogP contribution < -0.4 is 16.4 Å². The van der Waals surface area contributed by atoms with Gasteiger partial charge in [-0.3, -0.25) is 9.59 Å². The Morgan fingerprint density at radius 3 is 2.95 bits per heavy atom. The average molecular weight is 295 g/mol. The van der Waals surface area contributed by atoms with Crippen LogP contribution in [0.15, 0.2) is 16.8 Å². The summed E-state index contributed by atoms with van der Waals surface area (Å²) in [7, 11) is 0. The van der Waals surface area contributed by atoms with Gasteiger partial charge in [0.15, 0.2) is 0 Å². The van der Waals surface area contributed by atoms with Crippen molar-refractivity contribution < 1.29 is 9.59 Å². The summed E-state index contributed by atoms with van der Waals surface area (Å²) in [5.41, 5.74) is 6.33. The van der Waals surface area contributed by atoms with Crippen LogP contribution in [0.3, 0.4) is 0 Å². The summed E-state index contributed by atoms with van der Waals surface area (Å²) >= 11 is 1.48. The maximum Gasteiger partial charge on any atom is 0.252 e. The Morgan fingerprint density at radius 2 is 2.25 bits per heavy atom. The minimum absolute atomic E-state index is 0.0130. The highest BCUT2D eigenvalue weighted by atomic mass is 32.1. The molecule has 0 bridgehead atoms. The van der Waals surface area contributed by atoms with Gasteiger partial charge in [-0.15, -0.1) is 0 Å². The standard InChI is InChI=1S/C14H21N3O2S/c15-8-10-2-1-3-12(10)17-13(18)4-6-16-14(19)11-5-7-20-9-11/h5,7,9-10,12H,1-4,6,8,15H2,(H,16,19)(H,17,18). The Bertz CT molecular complexity index is 447. The number of amides is 2. The van der Waals surface area contributed by atoms with Crippen molar-refractivity contribution in [1.82, 2.24) is 10.6 Å². The molecule has 0 spiro atoms. The van der Waals surface area contributed by atoms with Crippen molar-refractivity contribution in [2.75, 3.05) is 13.1 Å². The van der Waals surface area contributed by atoms with Crippen molar-refractivity contribution in [3.05, 3.63) is 22.4 Å². The molecule has 0 radical (unpaired) electrons. The molecule has 2 unspecified atom stereocenters. The topological polar surface area (TPSA) is 84.2 Å². The molecule has 1 fully saturated rings. The van der Waals surface area contributed by atoms with Crippen molar-refractivity contribution in [2.45, 2.75) is 31.7 Å². The molecule has 1 aliphatic carbocycles. The maximum atomic E-state index is 11.8. The molecule has 1 aliphatic rings. The quantitative estimate of drug-likeness (QED) is 0.735. The van der Waals surface area contributed by atoms with E-state index in [9.17, 15) is 9.59 Å². The zero-order valence-corrected chi connectivity index (χ0v) is 12.2. The molecular formula is C14H21N3O2S. The van der Waals surface area contributed by atoms with Gasteiger partial charge in [-0.2, -0.15) is 11.3 Å². The van der Waals surface area contributed by atoms with E-state index in [0.717, 1.165) is 19.3 Å². The average Bonchev–Trinajstić information content (AvgIpc) is 3.09. The first-order chi connectivity index (χ1) is 9.70. The monoisotopic (exact) mass is 295 g/mol. The predicted molar refractivity (Wildman–Crippen MR) is 79.6 cm³/mol. The van der Waals surface area contributed by atoms with Crippen LogP contribution in [0.25, 0.3) is 0 Å². The van der Waals surface area contributed by atoms with Crippen molar-refractivity contribution in [3.8, 4) is 0 Å². The van der Waals surface area contributed by atoms with Gasteiger partial charge in [0, 0.05) is 30.0 Å². The van der Waals surface area contributed by atoms with Crippen molar-refractivity contribution in [1.29, 1.82) is 0 Å². The molecule has 1 heterocycles. The lowest BCUT2D eigenvalue weighted by Gasteiger charge is -2.19. The van der Waals surface area contributed by atoms with Crippen LogP contribution in [0.1, 0.15) is 36.0 Å². The van der Waals surface area contributed by atoms with E-state index >= 15 is 0 Å². The van der Waals surface area contributed by atoms with Crippen LogP contribution in [-0.4, -0.2) is 30.9 Å². The van der Waals surface area contributed by atoms with E-state index in [-0.39, 0.29) is 17.9 Å². The molecule has 6 heteroatoms. The number of thiophene rings is 1. The lowest BCUT2D eigenvalue weighted by Crippen LogP contribution is -2.41. The van der Waals surface area contributed by atoms with Crippen LogP contribution in [0.5, 0.6) is 0 Å². The summed E-state index contributed by atoms with van der Waals surface area (Å²) in [6.45, 7) is 0.986. The first-order valence-electron chi connectivity index (χ1n) is 7.00. The summed E-state index contributed by atoms with van der Waals surface area (Å²) in [4.78, 5) is 23.5. The van der Waals surface area contributed by atoms with Gasteiger partial charge < -0.3 is 16.4 Å². The summed E-state index contributed by atoms with van der Waals surface area (Å²) < 4.78 is 0. The normalized spacial score (nSPS) is 21.6. The van der Waals surface area contributed by atoms with Crippen LogP contribution in [-0.2, 0) is 4.79 Å². The van der Waals surface area contributed by atoms with E-state index in [4.69, 9.17) is 5.73 Å². The highest BCUT2D eigenvalue weighted by Crippen LogP contribution is 2.24. The van der Waals surface area contributed by atoms with Crippen LogP contribution in [0.4, 0.5) is 0 Å². The first-order valence-corrected chi connectivity index (χ1v) is 7.95. The molecule has 0 aliphatic heterocycles. The Balaban J connectivity index is 1.66. The number of carbonyl (C=O) groups excluding carboxylic acids is 2. The smallest absolute Gasteiger partial charge is 0.252 e. The molecule has 0 aromatic carbocycles. The van der Waals surface area contributed by atoms with E-state index < -0.39 is 0 Å². The SMILES string of the molecule is NCC1CCCC1NC(=O)CCNC(=O)c1ccsc1. The number of rotatable bonds is 6. The molecule has 20 heavy (non-hydrogen) atoms. The Labute approximate surface area is 122 Å². The lowest BCUT2D eigenvalue weighted by molar-refractivity contribution is -0.121. The van der Waals surface area contributed by atoms with Gasteiger partial charge in [0.25, 0.3) is 5.91 Å². The molecule has 110 valence electrons. The van der Waals surface area contributed by atoms with E-state index in [2.05, 4.69) is 10.6 Å². The maximum absolute atomic E-state index is 11.8. The molecule has 2 amide bonds. The van der Waals surface area contributed by atoms with Gasteiger partial charge in [-0.05, 0) is 36.8 Å². The third kappa shape index (κ3) is 4.05. The van der Waals surface area contributed by atoms with E-state index in [0.29, 0.717) is 31.0 Å². The van der Waals surface area contributed by atoms with Crippen molar-refractivity contribution >= 4 is 23.2 Å². The highest BCUT2D eigenvalue weighted by Gasteiger charge is 2.27. The van der Waals surface area contributed by atoms with E-state index in [1.54, 1.807) is 11.4 Å². The van der Waals surface area contributed by atoms with E-state index in [1.165, 1.54) is 11.3 Å². The number of nitrogens with two attached hydrogens (primary N) is 1. The van der Waals surface area contributed by atoms with Gasteiger partial charge in [0.2, 0.25) is 5.91 Å². The molecule has 4 N–H and O–H groups in total. The lowest BCUT2D eigenvalue weighted by atomic mass is 10.0. The van der Waals surface area contributed by atoms with Gasteiger partial charge in [0.05, 0.1) is 0 Å². The fourth-order valence-electron chi connectivity index (χ4n) is 2.57. The highest BCUT2D eigenvalue weighted by molar-refractivity contribution is 7.08. The second-order valence-corrected chi connectivity index (χ2v) is 5.90.